The van der Waals surface area contributed by atoms with Gasteiger partial charge >= 0.3 is 0 Å². The Balaban J connectivity index is 2.66. The summed E-state index contributed by atoms with van der Waals surface area (Å²) in [4.78, 5) is 0. The van der Waals surface area contributed by atoms with Crippen LogP contribution in [0.5, 0.6) is 0 Å². The van der Waals surface area contributed by atoms with Crippen molar-refractivity contribution in [1.29, 1.82) is 0 Å². The van der Waals surface area contributed by atoms with Gasteiger partial charge in [0, 0.05) is 18.8 Å². The van der Waals surface area contributed by atoms with Crippen molar-refractivity contribution in [1.82, 2.24) is 0 Å². The molecule has 1 atom stereocenters. The van der Waals surface area contributed by atoms with Crippen molar-refractivity contribution >= 4 is 17.3 Å². The highest BCUT2D eigenvalue weighted by Crippen LogP contribution is 2.20. The van der Waals surface area contributed by atoms with Crippen LogP contribution in [0.2, 0.25) is 5.02 Å². The first kappa shape index (κ1) is 12.3. The number of halogens is 2. The van der Waals surface area contributed by atoms with E-state index in [0.29, 0.717) is 6.61 Å². The lowest BCUT2D eigenvalue weighted by molar-refractivity contribution is 0.184. The summed E-state index contributed by atoms with van der Waals surface area (Å²) < 4.78 is 17.9. The van der Waals surface area contributed by atoms with Gasteiger partial charge in [-0.25, -0.2) is 4.39 Å². The second kappa shape index (κ2) is 5.93. The van der Waals surface area contributed by atoms with Crippen LogP contribution in [0.4, 0.5) is 10.1 Å². The van der Waals surface area contributed by atoms with Gasteiger partial charge in [-0.05, 0) is 24.6 Å². The van der Waals surface area contributed by atoms with Crippen LogP contribution in [-0.4, -0.2) is 19.8 Å². The van der Waals surface area contributed by atoms with E-state index in [-0.39, 0.29) is 11.1 Å². The van der Waals surface area contributed by atoms with Crippen molar-refractivity contribution in [3.63, 3.8) is 0 Å². The van der Waals surface area contributed by atoms with Gasteiger partial charge in [-0.2, -0.15) is 0 Å². The van der Waals surface area contributed by atoms with E-state index in [1.165, 1.54) is 6.07 Å². The summed E-state index contributed by atoms with van der Waals surface area (Å²) in [5.41, 5.74) is 0.810. The molecule has 1 aromatic rings. The molecular weight excluding hydrogens is 217 g/mol. The topological polar surface area (TPSA) is 21.3 Å². The fourth-order valence-corrected chi connectivity index (χ4v) is 1.46. The molecule has 0 aliphatic carbocycles. The number of hydrogen-bond donors (Lipinski definition) is 1. The van der Waals surface area contributed by atoms with Gasteiger partial charge in [-0.15, -0.1) is 0 Å². The molecule has 0 spiro atoms. The molecule has 0 aliphatic heterocycles. The van der Waals surface area contributed by atoms with Gasteiger partial charge in [0.2, 0.25) is 0 Å². The maximum atomic E-state index is 12.9. The van der Waals surface area contributed by atoms with Crippen molar-refractivity contribution in [2.75, 3.05) is 19.0 Å². The molecule has 4 heteroatoms. The van der Waals surface area contributed by atoms with E-state index in [9.17, 15) is 4.39 Å². The average Bonchev–Trinajstić information content (AvgIpc) is 2.23. The zero-order valence-corrected chi connectivity index (χ0v) is 9.64. The lowest BCUT2D eigenvalue weighted by Gasteiger charge is -2.17. The highest BCUT2D eigenvalue weighted by Gasteiger charge is 2.06. The van der Waals surface area contributed by atoms with Gasteiger partial charge in [0.25, 0.3) is 0 Å². The minimum absolute atomic E-state index is 0.132. The smallest absolute Gasteiger partial charge is 0.141 e. The summed E-state index contributed by atoms with van der Waals surface area (Å²) in [6, 6.07) is 4.82. The van der Waals surface area contributed by atoms with E-state index >= 15 is 0 Å². The highest BCUT2D eigenvalue weighted by molar-refractivity contribution is 6.31. The standard InChI is InChI=1S/C11H15ClFNO/c1-3-8(7-15-2)14-9-4-5-11(13)10(12)6-9/h4-6,8,14H,3,7H2,1-2H3. The summed E-state index contributed by atoms with van der Waals surface area (Å²) in [6.07, 6.45) is 0.933. The maximum Gasteiger partial charge on any atom is 0.141 e. The van der Waals surface area contributed by atoms with Gasteiger partial charge in [0.1, 0.15) is 5.82 Å². The predicted octanol–water partition coefficient (Wildman–Crippen LogP) is 3.32. The normalized spacial score (nSPS) is 12.5. The van der Waals surface area contributed by atoms with Crippen LogP contribution < -0.4 is 5.32 Å². The zero-order chi connectivity index (χ0) is 11.3. The minimum atomic E-state index is -0.401. The average molecular weight is 232 g/mol. The molecule has 0 radical (unpaired) electrons. The lowest BCUT2D eigenvalue weighted by atomic mass is 10.2. The Bertz CT molecular complexity index is 319. The Morgan fingerprint density at radius 3 is 2.80 bits per heavy atom. The summed E-state index contributed by atoms with van der Waals surface area (Å²) in [7, 11) is 1.65. The Morgan fingerprint density at radius 1 is 1.53 bits per heavy atom. The van der Waals surface area contributed by atoms with Crippen LogP contribution in [0.25, 0.3) is 0 Å². The second-order valence-electron chi connectivity index (χ2n) is 3.33. The lowest BCUT2D eigenvalue weighted by Crippen LogP contribution is -2.23. The van der Waals surface area contributed by atoms with Gasteiger partial charge < -0.3 is 10.1 Å². The molecule has 1 N–H and O–H groups in total. The first-order chi connectivity index (χ1) is 7.17. The molecule has 0 amide bonds. The monoisotopic (exact) mass is 231 g/mol. The molecule has 1 unspecified atom stereocenters. The van der Waals surface area contributed by atoms with Gasteiger partial charge in [-0.1, -0.05) is 18.5 Å². The third kappa shape index (κ3) is 3.68. The fourth-order valence-electron chi connectivity index (χ4n) is 1.28. The number of benzene rings is 1. The van der Waals surface area contributed by atoms with Crippen LogP contribution in [0.15, 0.2) is 18.2 Å². The van der Waals surface area contributed by atoms with Crippen LogP contribution in [0.3, 0.4) is 0 Å². The van der Waals surface area contributed by atoms with E-state index < -0.39 is 5.82 Å². The van der Waals surface area contributed by atoms with E-state index in [4.69, 9.17) is 16.3 Å². The van der Waals surface area contributed by atoms with E-state index in [2.05, 4.69) is 12.2 Å². The SMILES string of the molecule is CCC(COC)Nc1ccc(F)c(Cl)c1. The highest BCUT2D eigenvalue weighted by atomic mass is 35.5. The molecule has 0 saturated carbocycles. The number of methoxy groups -OCH3 is 1. The van der Waals surface area contributed by atoms with E-state index in [1.807, 2.05) is 0 Å². The predicted molar refractivity (Wildman–Crippen MR) is 61.0 cm³/mol. The minimum Gasteiger partial charge on any atom is -0.383 e. The van der Waals surface area contributed by atoms with Crippen molar-refractivity contribution in [3.05, 3.63) is 29.0 Å². The molecule has 0 heterocycles. The van der Waals surface area contributed by atoms with Gasteiger partial charge in [-0.3, -0.25) is 0 Å². The summed E-state index contributed by atoms with van der Waals surface area (Å²) in [5.74, 6) is -0.401. The first-order valence-electron chi connectivity index (χ1n) is 4.88. The largest absolute Gasteiger partial charge is 0.383 e. The van der Waals surface area contributed by atoms with Crippen molar-refractivity contribution < 1.29 is 9.13 Å². The van der Waals surface area contributed by atoms with Crippen molar-refractivity contribution in [2.24, 2.45) is 0 Å². The van der Waals surface area contributed by atoms with Crippen molar-refractivity contribution in [2.45, 2.75) is 19.4 Å². The van der Waals surface area contributed by atoms with E-state index in [0.717, 1.165) is 12.1 Å². The Hall–Kier alpha value is -0.800. The molecule has 0 aromatic heterocycles. The molecule has 15 heavy (non-hydrogen) atoms. The first-order valence-corrected chi connectivity index (χ1v) is 5.25. The Morgan fingerprint density at radius 2 is 2.27 bits per heavy atom. The maximum absolute atomic E-state index is 12.9. The number of anilines is 1. The molecular formula is C11H15ClFNO. The van der Waals surface area contributed by atoms with Gasteiger partial charge in [0.15, 0.2) is 0 Å². The second-order valence-corrected chi connectivity index (χ2v) is 3.74. The van der Waals surface area contributed by atoms with Crippen molar-refractivity contribution in [3.8, 4) is 0 Å². The van der Waals surface area contributed by atoms with Crippen LogP contribution >= 0.6 is 11.6 Å². The number of hydrogen-bond acceptors (Lipinski definition) is 2. The summed E-state index contributed by atoms with van der Waals surface area (Å²) in [5, 5.41) is 3.35. The molecule has 0 saturated heterocycles. The van der Waals surface area contributed by atoms with Crippen LogP contribution in [-0.2, 0) is 4.74 Å². The Kier molecular flexibility index (Phi) is 4.85. The summed E-state index contributed by atoms with van der Waals surface area (Å²) >= 11 is 5.67. The fraction of sp³-hybridized carbons (Fsp3) is 0.455. The molecule has 84 valence electrons. The van der Waals surface area contributed by atoms with E-state index in [1.54, 1.807) is 19.2 Å². The number of ether oxygens (including phenoxy) is 1. The number of rotatable bonds is 5. The summed E-state index contributed by atoms with van der Waals surface area (Å²) in [6.45, 7) is 2.67. The van der Waals surface area contributed by atoms with Crippen LogP contribution in [0, 0.1) is 5.82 Å². The number of nitrogens with one attached hydrogen (secondary N) is 1. The molecule has 1 aromatic carbocycles. The zero-order valence-electron chi connectivity index (χ0n) is 8.89. The molecule has 1 rings (SSSR count). The molecule has 0 fully saturated rings. The molecule has 0 bridgehead atoms. The Labute approximate surface area is 94.4 Å². The molecule has 0 aliphatic rings. The van der Waals surface area contributed by atoms with Crippen LogP contribution in [0.1, 0.15) is 13.3 Å². The molecule has 2 nitrogen and oxygen atoms in total. The third-order valence-electron chi connectivity index (χ3n) is 2.15. The quantitative estimate of drug-likeness (QED) is 0.840. The third-order valence-corrected chi connectivity index (χ3v) is 2.44. The van der Waals surface area contributed by atoms with Gasteiger partial charge in [0.05, 0.1) is 11.6 Å².